The molecule has 0 aliphatic carbocycles. The van der Waals surface area contributed by atoms with Gasteiger partial charge in [0.15, 0.2) is 0 Å². The van der Waals surface area contributed by atoms with Crippen molar-refractivity contribution in [2.75, 3.05) is 0 Å². The van der Waals surface area contributed by atoms with Gasteiger partial charge in [0.2, 0.25) is 5.91 Å². The molecule has 0 aliphatic rings. The Hall–Kier alpha value is -2.42. The number of rotatable bonds is 6. The van der Waals surface area contributed by atoms with E-state index in [4.69, 9.17) is 5.11 Å². The average molecular weight is 366 g/mol. The molecule has 25 heavy (non-hydrogen) atoms. The number of aryl methyl sites for hydroxylation is 2. The number of carbonyl (C=O) groups is 3. The molecule has 0 spiro atoms. The zero-order chi connectivity index (χ0) is 18.9. The van der Waals surface area contributed by atoms with Crippen LogP contribution in [0.15, 0.2) is 6.07 Å². The highest BCUT2D eigenvalue weighted by molar-refractivity contribution is 7.20. The van der Waals surface area contributed by atoms with E-state index in [0.717, 1.165) is 15.9 Å². The van der Waals surface area contributed by atoms with Gasteiger partial charge >= 0.3 is 5.97 Å². The van der Waals surface area contributed by atoms with E-state index in [-0.39, 0.29) is 11.8 Å². The normalized spacial score (nSPS) is 13.7. The Morgan fingerprint density at radius 3 is 2.40 bits per heavy atom. The molecule has 2 unspecified atom stereocenters. The summed E-state index contributed by atoms with van der Waals surface area (Å²) in [6, 6.07) is -0.0985. The van der Waals surface area contributed by atoms with Gasteiger partial charge in [0.1, 0.15) is 16.9 Å². The minimum atomic E-state index is -1.10. The van der Waals surface area contributed by atoms with Crippen LogP contribution in [-0.2, 0) is 16.6 Å². The molecule has 0 aliphatic heterocycles. The Kier molecular flexibility index (Phi) is 5.46. The number of carboxylic acids is 1. The van der Waals surface area contributed by atoms with Crippen LogP contribution >= 0.6 is 11.3 Å². The summed E-state index contributed by atoms with van der Waals surface area (Å²) in [7, 11) is 1.81. The molecule has 0 saturated carbocycles. The van der Waals surface area contributed by atoms with Gasteiger partial charge in [-0.1, -0.05) is 13.8 Å². The highest BCUT2D eigenvalue weighted by Gasteiger charge is 2.27. The van der Waals surface area contributed by atoms with E-state index in [1.165, 1.54) is 18.3 Å². The van der Waals surface area contributed by atoms with Crippen molar-refractivity contribution in [3.05, 3.63) is 16.6 Å². The summed E-state index contributed by atoms with van der Waals surface area (Å²) in [4.78, 5) is 37.1. The van der Waals surface area contributed by atoms with Crippen molar-refractivity contribution in [3.8, 4) is 0 Å². The molecule has 0 fully saturated rings. The molecule has 2 amide bonds. The zero-order valence-corrected chi connectivity index (χ0v) is 15.6. The van der Waals surface area contributed by atoms with E-state index in [0.29, 0.717) is 4.88 Å². The number of aromatic nitrogens is 2. The minimum Gasteiger partial charge on any atom is -0.480 e. The number of fused-ring (bicyclic) bond motifs is 1. The number of carboxylic acid groups (broad SMARTS) is 1. The molecule has 0 radical (unpaired) electrons. The fourth-order valence-electron chi connectivity index (χ4n) is 2.44. The Labute approximate surface area is 149 Å². The molecular weight excluding hydrogens is 344 g/mol. The first-order valence-corrected chi connectivity index (χ1v) is 8.70. The monoisotopic (exact) mass is 366 g/mol. The molecule has 2 heterocycles. The van der Waals surface area contributed by atoms with Crippen molar-refractivity contribution in [2.45, 2.75) is 39.8 Å². The van der Waals surface area contributed by atoms with Crippen molar-refractivity contribution in [1.29, 1.82) is 0 Å². The van der Waals surface area contributed by atoms with Crippen molar-refractivity contribution >= 4 is 39.3 Å². The van der Waals surface area contributed by atoms with E-state index >= 15 is 0 Å². The molecular formula is C16H22N4O4S. The molecule has 2 rings (SSSR count). The molecule has 2 aromatic rings. The molecule has 0 bridgehead atoms. The number of hydrogen-bond donors (Lipinski definition) is 3. The molecule has 9 heteroatoms. The van der Waals surface area contributed by atoms with Crippen LogP contribution in [0.2, 0.25) is 0 Å². The number of nitrogens with zero attached hydrogens (tertiary/aromatic N) is 2. The highest BCUT2D eigenvalue weighted by Crippen LogP contribution is 2.27. The molecule has 2 aromatic heterocycles. The van der Waals surface area contributed by atoms with Crippen LogP contribution in [0.4, 0.5) is 0 Å². The summed E-state index contributed by atoms with van der Waals surface area (Å²) in [5.74, 6) is -2.27. The van der Waals surface area contributed by atoms with E-state index in [9.17, 15) is 14.4 Å². The highest BCUT2D eigenvalue weighted by atomic mass is 32.1. The Morgan fingerprint density at radius 2 is 1.88 bits per heavy atom. The van der Waals surface area contributed by atoms with Crippen LogP contribution in [0.3, 0.4) is 0 Å². The first-order valence-electron chi connectivity index (χ1n) is 7.89. The van der Waals surface area contributed by atoms with Crippen LogP contribution in [0.25, 0.3) is 10.2 Å². The summed E-state index contributed by atoms with van der Waals surface area (Å²) >= 11 is 1.29. The number of thiophene rings is 1. The van der Waals surface area contributed by atoms with Gasteiger partial charge in [-0.3, -0.25) is 14.3 Å². The lowest BCUT2D eigenvalue weighted by Crippen LogP contribution is -2.51. The molecule has 0 saturated heterocycles. The number of amides is 2. The summed E-state index contributed by atoms with van der Waals surface area (Å²) < 4.78 is 1.71. The molecule has 8 nitrogen and oxygen atoms in total. The van der Waals surface area contributed by atoms with Crippen LogP contribution < -0.4 is 10.6 Å². The van der Waals surface area contributed by atoms with Crippen molar-refractivity contribution in [2.24, 2.45) is 13.0 Å². The van der Waals surface area contributed by atoms with Gasteiger partial charge in [-0.15, -0.1) is 11.3 Å². The number of nitrogens with one attached hydrogen (secondary N) is 2. The maximum atomic E-state index is 12.4. The SMILES string of the molecule is Cc1nn(C)c2sc(C(=O)NC(C)C(=O)NC(C(=O)O)C(C)C)cc12. The fraction of sp³-hybridized carbons (Fsp3) is 0.500. The zero-order valence-electron chi connectivity index (χ0n) is 14.8. The van der Waals surface area contributed by atoms with E-state index in [1.54, 1.807) is 24.6 Å². The van der Waals surface area contributed by atoms with Gasteiger partial charge in [0.05, 0.1) is 10.6 Å². The second-order valence-electron chi connectivity index (χ2n) is 6.30. The Balaban J connectivity index is 2.06. The van der Waals surface area contributed by atoms with Gasteiger partial charge in [0.25, 0.3) is 5.91 Å². The lowest BCUT2D eigenvalue weighted by molar-refractivity contribution is -0.143. The van der Waals surface area contributed by atoms with Gasteiger partial charge in [-0.2, -0.15) is 5.10 Å². The quantitative estimate of drug-likeness (QED) is 0.713. The second kappa shape index (κ2) is 7.22. The summed E-state index contributed by atoms with van der Waals surface area (Å²) in [5, 5.41) is 19.4. The number of aliphatic carboxylic acids is 1. The standard InChI is InChI=1S/C16H22N4O4S/c1-7(2)12(16(23)24)18-13(21)9(4)17-14(22)11-6-10-8(3)19-20(5)15(10)25-11/h6-7,9,12H,1-5H3,(H,17,22)(H,18,21)(H,23,24). The maximum Gasteiger partial charge on any atom is 0.326 e. The summed E-state index contributed by atoms with van der Waals surface area (Å²) in [6.07, 6.45) is 0. The van der Waals surface area contributed by atoms with Gasteiger partial charge < -0.3 is 15.7 Å². The Morgan fingerprint density at radius 1 is 1.24 bits per heavy atom. The number of hydrogen-bond acceptors (Lipinski definition) is 5. The number of carbonyl (C=O) groups excluding carboxylic acids is 2. The second-order valence-corrected chi connectivity index (χ2v) is 7.33. The predicted molar refractivity (Wildman–Crippen MR) is 94.7 cm³/mol. The molecule has 2 atom stereocenters. The first-order chi connectivity index (χ1) is 11.6. The van der Waals surface area contributed by atoms with Crippen molar-refractivity contribution < 1.29 is 19.5 Å². The van der Waals surface area contributed by atoms with Crippen molar-refractivity contribution in [3.63, 3.8) is 0 Å². The van der Waals surface area contributed by atoms with Gasteiger partial charge in [-0.25, -0.2) is 4.79 Å². The van der Waals surface area contributed by atoms with Crippen LogP contribution in [0.5, 0.6) is 0 Å². The minimum absolute atomic E-state index is 0.262. The fourth-order valence-corrected chi connectivity index (χ4v) is 3.47. The van der Waals surface area contributed by atoms with Crippen LogP contribution in [-0.4, -0.2) is 44.8 Å². The third kappa shape index (κ3) is 3.98. The molecule has 3 N–H and O–H groups in total. The lowest BCUT2D eigenvalue weighted by Gasteiger charge is -2.20. The van der Waals surface area contributed by atoms with Crippen molar-refractivity contribution in [1.82, 2.24) is 20.4 Å². The van der Waals surface area contributed by atoms with E-state index in [2.05, 4.69) is 15.7 Å². The third-order valence-electron chi connectivity index (χ3n) is 3.89. The van der Waals surface area contributed by atoms with Crippen LogP contribution in [0.1, 0.15) is 36.1 Å². The largest absolute Gasteiger partial charge is 0.480 e. The summed E-state index contributed by atoms with van der Waals surface area (Å²) in [6.45, 7) is 6.79. The molecule has 0 aromatic carbocycles. The smallest absolute Gasteiger partial charge is 0.326 e. The van der Waals surface area contributed by atoms with E-state index < -0.39 is 24.0 Å². The predicted octanol–water partition coefficient (Wildman–Crippen LogP) is 1.29. The van der Waals surface area contributed by atoms with E-state index in [1.807, 2.05) is 14.0 Å². The summed E-state index contributed by atoms with van der Waals surface area (Å²) in [5.41, 5.74) is 0.833. The van der Waals surface area contributed by atoms with Gasteiger partial charge in [-0.05, 0) is 25.8 Å². The Bertz CT molecular complexity index is 789. The maximum absolute atomic E-state index is 12.4. The van der Waals surface area contributed by atoms with Gasteiger partial charge in [0, 0.05) is 12.4 Å². The van der Waals surface area contributed by atoms with Crippen LogP contribution in [0, 0.1) is 12.8 Å². The lowest BCUT2D eigenvalue weighted by atomic mass is 10.0. The average Bonchev–Trinajstić information content (AvgIpc) is 3.06. The third-order valence-corrected chi connectivity index (χ3v) is 5.09. The topological polar surface area (TPSA) is 113 Å². The molecule has 136 valence electrons. The first kappa shape index (κ1) is 18.9.